The standard InChI is InChI=1S/C12H23N3/c1-3-12(4-7-13)15-8-5-11(6-9-15)10-14-2/h11-12,14H,3-6,8-10H2,1-2H3. The summed E-state index contributed by atoms with van der Waals surface area (Å²) >= 11 is 0. The van der Waals surface area contributed by atoms with E-state index < -0.39 is 0 Å². The second kappa shape index (κ2) is 6.81. The van der Waals surface area contributed by atoms with E-state index in [-0.39, 0.29) is 0 Å². The first-order chi connectivity index (χ1) is 7.31. The molecule has 0 saturated carbocycles. The monoisotopic (exact) mass is 209 g/mol. The number of hydrogen-bond donors (Lipinski definition) is 1. The van der Waals surface area contributed by atoms with E-state index in [9.17, 15) is 0 Å². The van der Waals surface area contributed by atoms with E-state index in [1.54, 1.807) is 0 Å². The first-order valence-electron chi connectivity index (χ1n) is 6.07. The van der Waals surface area contributed by atoms with Crippen molar-refractivity contribution in [2.45, 2.75) is 38.6 Å². The fraction of sp³-hybridized carbons (Fsp3) is 0.917. The molecule has 1 saturated heterocycles. The van der Waals surface area contributed by atoms with E-state index in [1.165, 1.54) is 25.9 Å². The average molecular weight is 209 g/mol. The molecule has 1 aliphatic heterocycles. The molecule has 1 atom stereocenters. The fourth-order valence-corrected chi connectivity index (χ4v) is 2.45. The van der Waals surface area contributed by atoms with Gasteiger partial charge in [0.25, 0.3) is 0 Å². The molecule has 0 bridgehead atoms. The lowest BCUT2D eigenvalue weighted by Gasteiger charge is -2.36. The molecule has 1 heterocycles. The molecule has 0 spiro atoms. The van der Waals surface area contributed by atoms with E-state index in [4.69, 9.17) is 5.26 Å². The van der Waals surface area contributed by atoms with Gasteiger partial charge in [-0.2, -0.15) is 5.26 Å². The Kier molecular flexibility index (Phi) is 5.67. The van der Waals surface area contributed by atoms with E-state index >= 15 is 0 Å². The summed E-state index contributed by atoms with van der Waals surface area (Å²) in [6.07, 6.45) is 4.35. The van der Waals surface area contributed by atoms with Gasteiger partial charge in [0.15, 0.2) is 0 Å². The Morgan fingerprint density at radius 3 is 2.60 bits per heavy atom. The lowest BCUT2D eigenvalue weighted by Crippen LogP contribution is -2.42. The normalized spacial score (nSPS) is 21.1. The number of hydrogen-bond acceptors (Lipinski definition) is 3. The van der Waals surface area contributed by atoms with Gasteiger partial charge in [-0.25, -0.2) is 0 Å². The summed E-state index contributed by atoms with van der Waals surface area (Å²) < 4.78 is 0. The van der Waals surface area contributed by atoms with Gasteiger partial charge in [-0.3, -0.25) is 4.90 Å². The highest BCUT2D eigenvalue weighted by atomic mass is 15.2. The molecule has 1 fully saturated rings. The lowest BCUT2D eigenvalue weighted by molar-refractivity contribution is 0.130. The molecule has 3 nitrogen and oxygen atoms in total. The molecular formula is C12H23N3. The molecule has 3 heteroatoms. The molecule has 1 aliphatic rings. The second-order valence-electron chi connectivity index (χ2n) is 4.46. The van der Waals surface area contributed by atoms with Crippen molar-refractivity contribution in [3.63, 3.8) is 0 Å². The Hall–Kier alpha value is -0.590. The Balaban J connectivity index is 2.32. The Labute approximate surface area is 93.5 Å². The summed E-state index contributed by atoms with van der Waals surface area (Å²) in [5, 5.41) is 12.0. The minimum atomic E-state index is 0.491. The lowest BCUT2D eigenvalue weighted by atomic mass is 9.95. The summed E-state index contributed by atoms with van der Waals surface area (Å²) in [7, 11) is 2.02. The van der Waals surface area contributed by atoms with Gasteiger partial charge in [0.2, 0.25) is 0 Å². The third-order valence-electron chi connectivity index (χ3n) is 3.46. The van der Waals surface area contributed by atoms with Crippen LogP contribution in [0.2, 0.25) is 0 Å². The van der Waals surface area contributed by atoms with Crippen molar-refractivity contribution in [1.82, 2.24) is 10.2 Å². The highest BCUT2D eigenvalue weighted by molar-refractivity contribution is 4.85. The predicted molar refractivity (Wildman–Crippen MR) is 62.5 cm³/mol. The Bertz CT molecular complexity index is 201. The first kappa shape index (κ1) is 12.5. The topological polar surface area (TPSA) is 39.1 Å². The highest BCUT2D eigenvalue weighted by Crippen LogP contribution is 2.20. The molecular weight excluding hydrogens is 186 g/mol. The zero-order chi connectivity index (χ0) is 11.1. The Morgan fingerprint density at radius 1 is 1.47 bits per heavy atom. The van der Waals surface area contributed by atoms with Crippen LogP contribution in [-0.2, 0) is 0 Å². The van der Waals surface area contributed by atoms with Crippen LogP contribution in [0.5, 0.6) is 0 Å². The van der Waals surface area contributed by atoms with Crippen LogP contribution in [-0.4, -0.2) is 37.6 Å². The molecule has 0 aromatic heterocycles. The van der Waals surface area contributed by atoms with E-state index in [0.717, 1.165) is 18.9 Å². The van der Waals surface area contributed by atoms with Gasteiger partial charge in [-0.15, -0.1) is 0 Å². The summed E-state index contributed by atoms with van der Waals surface area (Å²) in [5.74, 6) is 0.839. The number of piperidine rings is 1. The van der Waals surface area contributed by atoms with Gasteiger partial charge < -0.3 is 5.32 Å². The number of nitrogens with zero attached hydrogens (tertiary/aromatic N) is 2. The van der Waals surface area contributed by atoms with Gasteiger partial charge in [-0.1, -0.05) is 6.92 Å². The molecule has 0 aromatic rings. The third-order valence-corrected chi connectivity index (χ3v) is 3.46. The number of nitrogens with one attached hydrogen (secondary N) is 1. The zero-order valence-corrected chi connectivity index (χ0v) is 10.00. The maximum Gasteiger partial charge on any atom is 0.0638 e. The largest absolute Gasteiger partial charge is 0.319 e. The van der Waals surface area contributed by atoms with Crippen LogP contribution in [0.3, 0.4) is 0 Å². The predicted octanol–water partition coefficient (Wildman–Crippen LogP) is 1.61. The van der Waals surface area contributed by atoms with Crippen molar-refractivity contribution in [2.24, 2.45) is 5.92 Å². The van der Waals surface area contributed by atoms with Crippen molar-refractivity contribution in [2.75, 3.05) is 26.7 Å². The number of likely N-dealkylation sites (tertiary alicyclic amines) is 1. The molecule has 1 N–H and O–H groups in total. The summed E-state index contributed by atoms with van der Waals surface area (Å²) in [6, 6.07) is 2.79. The van der Waals surface area contributed by atoms with Crippen molar-refractivity contribution in [3.05, 3.63) is 0 Å². The molecule has 0 radical (unpaired) electrons. The Morgan fingerprint density at radius 2 is 2.13 bits per heavy atom. The van der Waals surface area contributed by atoms with Crippen molar-refractivity contribution in [3.8, 4) is 6.07 Å². The van der Waals surface area contributed by atoms with E-state index in [1.807, 2.05) is 7.05 Å². The van der Waals surface area contributed by atoms with Crippen LogP contribution in [0.25, 0.3) is 0 Å². The minimum absolute atomic E-state index is 0.491. The minimum Gasteiger partial charge on any atom is -0.319 e. The molecule has 0 aliphatic carbocycles. The summed E-state index contributed by atoms with van der Waals surface area (Å²) in [6.45, 7) is 5.67. The number of nitriles is 1. The fourth-order valence-electron chi connectivity index (χ4n) is 2.45. The molecule has 0 aromatic carbocycles. The van der Waals surface area contributed by atoms with Crippen molar-refractivity contribution < 1.29 is 0 Å². The van der Waals surface area contributed by atoms with Gasteiger partial charge in [0.1, 0.15) is 0 Å². The van der Waals surface area contributed by atoms with Gasteiger partial charge in [-0.05, 0) is 51.9 Å². The molecule has 15 heavy (non-hydrogen) atoms. The van der Waals surface area contributed by atoms with Gasteiger partial charge in [0.05, 0.1) is 12.5 Å². The number of rotatable bonds is 5. The van der Waals surface area contributed by atoms with Crippen LogP contribution in [0.15, 0.2) is 0 Å². The highest BCUT2D eigenvalue weighted by Gasteiger charge is 2.23. The quantitative estimate of drug-likeness (QED) is 0.747. The maximum atomic E-state index is 8.75. The zero-order valence-electron chi connectivity index (χ0n) is 10.00. The SMILES string of the molecule is CCC(CC#N)N1CCC(CNC)CC1. The molecule has 1 unspecified atom stereocenters. The van der Waals surface area contributed by atoms with Crippen molar-refractivity contribution >= 4 is 0 Å². The second-order valence-corrected chi connectivity index (χ2v) is 4.46. The molecule has 0 amide bonds. The van der Waals surface area contributed by atoms with Crippen LogP contribution < -0.4 is 5.32 Å². The molecule has 86 valence electrons. The summed E-state index contributed by atoms with van der Waals surface area (Å²) in [5.41, 5.74) is 0. The van der Waals surface area contributed by atoms with Crippen molar-refractivity contribution in [1.29, 1.82) is 5.26 Å². The maximum absolute atomic E-state index is 8.75. The van der Waals surface area contributed by atoms with Crippen LogP contribution in [0.1, 0.15) is 32.6 Å². The third kappa shape index (κ3) is 3.81. The molecule has 1 rings (SSSR count). The van der Waals surface area contributed by atoms with E-state index in [0.29, 0.717) is 12.5 Å². The average Bonchev–Trinajstić information content (AvgIpc) is 2.28. The van der Waals surface area contributed by atoms with Crippen LogP contribution in [0, 0.1) is 17.2 Å². The van der Waals surface area contributed by atoms with Gasteiger partial charge in [0, 0.05) is 6.04 Å². The first-order valence-corrected chi connectivity index (χ1v) is 6.07. The van der Waals surface area contributed by atoms with E-state index in [2.05, 4.69) is 23.2 Å². The van der Waals surface area contributed by atoms with Crippen LogP contribution in [0.4, 0.5) is 0 Å². The van der Waals surface area contributed by atoms with Crippen LogP contribution >= 0.6 is 0 Å². The summed E-state index contributed by atoms with van der Waals surface area (Å²) in [4.78, 5) is 2.50. The smallest absolute Gasteiger partial charge is 0.0638 e. The van der Waals surface area contributed by atoms with Gasteiger partial charge >= 0.3 is 0 Å².